The molecule has 0 aliphatic carbocycles. The molecule has 120 valence electrons. The summed E-state index contributed by atoms with van der Waals surface area (Å²) in [5.74, 6) is 0.623. The maximum Gasteiger partial charge on any atom is 0.277 e. The minimum atomic E-state index is -0.0867. The van der Waals surface area contributed by atoms with Gasteiger partial charge in [-0.05, 0) is 13.3 Å². The molecule has 0 amide bonds. The number of hydrogen-bond acceptors (Lipinski definition) is 5. The summed E-state index contributed by atoms with van der Waals surface area (Å²) in [4.78, 5) is 24.0. The predicted molar refractivity (Wildman–Crippen MR) is 88.1 cm³/mol. The molecule has 24 heavy (non-hydrogen) atoms. The molecule has 4 rings (SSSR count). The van der Waals surface area contributed by atoms with Gasteiger partial charge in [0.1, 0.15) is 5.65 Å². The fourth-order valence-corrected chi connectivity index (χ4v) is 2.79. The molecule has 0 atom stereocenters. The van der Waals surface area contributed by atoms with Crippen LogP contribution in [0.15, 0.2) is 42.0 Å². The molecule has 4 aromatic rings. The van der Waals surface area contributed by atoms with Gasteiger partial charge in [0, 0.05) is 41.0 Å². The van der Waals surface area contributed by atoms with Crippen molar-refractivity contribution in [1.29, 1.82) is 0 Å². The lowest BCUT2D eigenvalue weighted by atomic mass is 10.1. The number of nitrogens with one attached hydrogen (secondary N) is 1. The summed E-state index contributed by atoms with van der Waals surface area (Å²) in [6.45, 7) is 3.86. The topological polar surface area (TPSA) is 93.8 Å². The van der Waals surface area contributed by atoms with Crippen LogP contribution in [0.25, 0.3) is 22.6 Å². The van der Waals surface area contributed by atoms with Gasteiger partial charge in [-0.2, -0.15) is 14.7 Å². The number of hydrogen-bond donors (Lipinski definition) is 1. The maximum atomic E-state index is 12.5. The summed E-state index contributed by atoms with van der Waals surface area (Å²) in [5, 5.41) is 8.55. The molecular weight excluding hydrogens is 306 g/mol. The summed E-state index contributed by atoms with van der Waals surface area (Å²) in [6, 6.07) is 0. The van der Waals surface area contributed by atoms with Crippen LogP contribution in [0.3, 0.4) is 0 Å². The first-order valence-electron chi connectivity index (χ1n) is 7.60. The normalized spacial score (nSPS) is 11.2. The van der Waals surface area contributed by atoms with Gasteiger partial charge in [0.25, 0.3) is 5.56 Å². The molecule has 0 aromatic carbocycles. The minimum Gasteiger partial charge on any atom is -0.343 e. The van der Waals surface area contributed by atoms with Crippen molar-refractivity contribution in [2.24, 2.45) is 0 Å². The second kappa shape index (κ2) is 5.41. The highest BCUT2D eigenvalue weighted by atomic mass is 16.1. The van der Waals surface area contributed by atoms with Crippen LogP contribution < -0.4 is 5.56 Å². The van der Waals surface area contributed by atoms with E-state index in [4.69, 9.17) is 0 Å². The van der Waals surface area contributed by atoms with Crippen molar-refractivity contribution in [3.8, 4) is 16.9 Å². The van der Waals surface area contributed by atoms with E-state index in [2.05, 4.69) is 25.1 Å². The Morgan fingerprint density at radius 3 is 2.79 bits per heavy atom. The van der Waals surface area contributed by atoms with Crippen molar-refractivity contribution in [2.45, 2.75) is 20.3 Å². The third-order valence-corrected chi connectivity index (χ3v) is 4.01. The van der Waals surface area contributed by atoms with E-state index in [1.807, 2.05) is 20.0 Å². The predicted octanol–water partition coefficient (Wildman–Crippen LogP) is 1.54. The average molecular weight is 321 g/mol. The van der Waals surface area contributed by atoms with Crippen molar-refractivity contribution >= 4 is 5.65 Å². The summed E-state index contributed by atoms with van der Waals surface area (Å²) >= 11 is 0. The monoisotopic (exact) mass is 321 g/mol. The molecule has 0 radical (unpaired) electrons. The molecule has 0 saturated carbocycles. The highest BCUT2D eigenvalue weighted by Crippen LogP contribution is 2.23. The van der Waals surface area contributed by atoms with Crippen LogP contribution in [0.2, 0.25) is 0 Å². The van der Waals surface area contributed by atoms with Crippen LogP contribution in [0.5, 0.6) is 0 Å². The second-order valence-corrected chi connectivity index (χ2v) is 5.44. The number of aromatic amines is 1. The number of aryl methyl sites for hydroxylation is 1. The van der Waals surface area contributed by atoms with E-state index in [1.54, 1.807) is 35.7 Å². The number of H-pyrrole nitrogens is 1. The molecule has 4 aromatic heterocycles. The fourth-order valence-electron chi connectivity index (χ4n) is 2.79. The van der Waals surface area contributed by atoms with Crippen LogP contribution in [0, 0.1) is 6.92 Å². The molecule has 0 bridgehead atoms. The van der Waals surface area contributed by atoms with E-state index in [1.165, 1.54) is 4.52 Å². The van der Waals surface area contributed by atoms with Gasteiger partial charge in [-0.1, -0.05) is 6.92 Å². The quantitative estimate of drug-likeness (QED) is 0.617. The summed E-state index contributed by atoms with van der Waals surface area (Å²) in [5.41, 5.74) is 3.83. The van der Waals surface area contributed by atoms with Crippen molar-refractivity contribution in [2.75, 3.05) is 0 Å². The van der Waals surface area contributed by atoms with Crippen LogP contribution >= 0.6 is 0 Å². The molecule has 0 fully saturated rings. The number of aromatic nitrogens is 7. The van der Waals surface area contributed by atoms with Crippen molar-refractivity contribution in [3.63, 3.8) is 0 Å². The Balaban J connectivity index is 1.86. The Bertz CT molecular complexity index is 1070. The Morgan fingerprint density at radius 1 is 1.17 bits per heavy atom. The molecule has 0 aliphatic heterocycles. The van der Waals surface area contributed by atoms with Crippen molar-refractivity contribution < 1.29 is 0 Å². The summed E-state index contributed by atoms with van der Waals surface area (Å²) in [7, 11) is 0. The lowest BCUT2D eigenvalue weighted by molar-refractivity contribution is 0.838. The fraction of sp³-hybridized carbons (Fsp3) is 0.188. The Morgan fingerprint density at radius 2 is 2.04 bits per heavy atom. The molecular formula is C16H15N7O. The van der Waals surface area contributed by atoms with Gasteiger partial charge >= 0.3 is 0 Å². The average Bonchev–Trinajstić information content (AvgIpc) is 3.22. The molecule has 0 spiro atoms. The molecule has 8 heteroatoms. The third-order valence-electron chi connectivity index (χ3n) is 4.01. The van der Waals surface area contributed by atoms with Gasteiger partial charge < -0.3 is 4.98 Å². The van der Waals surface area contributed by atoms with Crippen LogP contribution in [0.1, 0.15) is 18.2 Å². The first-order valence-corrected chi connectivity index (χ1v) is 7.60. The SMILES string of the molecule is CCc1c(C)[nH]c2c(-c3cnn(-c4cnccn4)c3)cnn2c1=O. The van der Waals surface area contributed by atoms with Gasteiger partial charge in [0.05, 0.1) is 18.6 Å². The lowest BCUT2D eigenvalue weighted by Gasteiger charge is -2.04. The summed E-state index contributed by atoms with van der Waals surface area (Å²) < 4.78 is 3.04. The third kappa shape index (κ3) is 2.11. The standard InChI is InChI=1S/C16H15N7O/c1-3-12-10(2)21-15-13(7-20-23(15)16(12)24)11-6-19-22(9-11)14-8-17-4-5-18-14/h4-9,21H,3H2,1-2H3. The number of rotatable bonds is 3. The van der Waals surface area contributed by atoms with Crippen LogP contribution in [-0.4, -0.2) is 34.3 Å². The van der Waals surface area contributed by atoms with Crippen molar-refractivity contribution in [1.82, 2.24) is 34.3 Å². The van der Waals surface area contributed by atoms with Gasteiger partial charge in [0.2, 0.25) is 0 Å². The zero-order chi connectivity index (χ0) is 16.7. The number of nitrogens with zero attached hydrogens (tertiary/aromatic N) is 6. The first kappa shape index (κ1) is 14.3. The van der Waals surface area contributed by atoms with E-state index in [9.17, 15) is 4.79 Å². The van der Waals surface area contributed by atoms with E-state index >= 15 is 0 Å². The van der Waals surface area contributed by atoms with E-state index in [0.717, 1.165) is 22.4 Å². The summed E-state index contributed by atoms with van der Waals surface area (Å²) in [6.07, 6.45) is 10.7. The Labute approximate surface area is 136 Å². The highest BCUT2D eigenvalue weighted by Gasteiger charge is 2.15. The second-order valence-electron chi connectivity index (χ2n) is 5.44. The maximum absolute atomic E-state index is 12.5. The van der Waals surface area contributed by atoms with E-state index < -0.39 is 0 Å². The van der Waals surface area contributed by atoms with Crippen LogP contribution in [0.4, 0.5) is 0 Å². The molecule has 0 aliphatic rings. The molecule has 8 nitrogen and oxygen atoms in total. The van der Waals surface area contributed by atoms with Gasteiger partial charge in [-0.15, -0.1) is 0 Å². The highest BCUT2D eigenvalue weighted by molar-refractivity contribution is 5.76. The van der Waals surface area contributed by atoms with Gasteiger partial charge in [-0.25, -0.2) is 9.67 Å². The molecule has 4 heterocycles. The van der Waals surface area contributed by atoms with Crippen molar-refractivity contribution in [3.05, 3.63) is 58.8 Å². The smallest absolute Gasteiger partial charge is 0.277 e. The minimum absolute atomic E-state index is 0.0867. The van der Waals surface area contributed by atoms with Gasteiger partial charge in [0.15, 0.2) is 5.82 Å². The Hall–Kier alpha value is -3.29. The van der Waals surface area contributed by atoms with E-state index in [0.29, 0.717) is 17.9 Å². The van der Waals surface area contributed by atoms with Gasteiger partial charge in [-0.3, -0.25) is 9.78 Å². The largest absolute Gasteiger partial charge is 0.343 e. The lowest BCUT2D eigenvalue weighted by Crippen LogP contribution is -2.21. The molecule has 0 saturated heterocycles. The first-order chi connectivity index (χ1) is 11.7. The molecule has 1 N–H and O–H groups in total. The zero-order valence-corrected chi connectivity index (χ0v) is 13.3. The molecule has 0 unspecified atom stereocenters. The van der Waals surface area contributed by atoms with Crippen LogP contribution in [-0.2, 0) is 6.42 Å². The number of fused-ring (bicyclic) bond motifs is 1. The zero-order valence-electron chi connectivity index (χ0n) is 13.3. The van der Waals surface area contributed by atoms with E-state index in [-0.39, 0.29) is 5.56 Å². The Kier molecular flexibility index (Phi) is 3.23.